The minimum Gasteiger partial charge on any atom is -0.423 e. The van der Waals surface area contributed by atoms with Crippen LogP contribution in [0.1, 0.15) is 44.4 Å². The van der Waals surface area contributed by atoms with Crippen LogP contribution in [0.5, 0.6) is 0 Å². The number of aromatic nitrogens is 2. The average molecular weight is 319 g/mol. The van der Waals surface area contributed by atoms with Crippen LogP contribution in [-0.2, 0) is 17.6 Å². The van der Waals surface area contributed by atoms with Crippen molar-refractivity contribution in [2.24, 2.45) is 0 Å². The summed E-state index contributed by atoms with van der Waals surface area (Å²) in [4.78, 5) is 16.9. The van der Waals surface area contributed by atoms with Crippen molar-refractivity contribution < 1.29 is 13.9 Å². The van der Waals surface area contributed by atoms with Crippen molar-refractivity contribution in [1.29, 1.82) is 0 Å². The van der Waals surface area contributed by atoms with Gasteiger partial charge in [-0.15, -0.1) is 21.5 Å². The van der Waals surface area contributed by atoms with Gasteiger partial charge < -0.3 is 14.1 Å². The molecule has 116 valence electrons. The molecule has 1 aliphatic carbocycles. The number of thiophene rings is 1. The van der Waals surface area contributed by atoms with Gasteiger partial charge >= 0.3 is 0 Å². The monoisotopic (exact) mass is 319 g/mol. The fourth-order valence-electron chi connectivity index (χ4n) is 3.07. The van der Waals surface area contributed by atoms with E-state index in [2.05, 4.69) is 16.3 Å². The standard InChI is InChI=1S/C15H17N3O3S/c1-9-16-17-14(21-9)11-8-20-6-5-18(11)15(19)13-7-10-3-2-4-12(10)22-13/h7,11H,2-6,8H2,1H3. The van der Waals surface area contributed by atoms with Gasteiger partial charge in [0.15, 0.2) is 0 Å². The van der Waals surface area contributed by atoms with E-state index in [-0.39, 0.29) is 11.9 Å². The molecule has 2 aliphatic rings. The number of hydrogen-bond acceptors (Lipinski definition) is 6. The third kappa shape index (κ3) is 2.34. The van der Waals surface area contributed by atoms with E-state index in [1.165, 1.54) is 16.9 Å². The number of aryl methyl sites for hydroxylation is 3. The van der Waals surface area contributed by atoms with Crippen molar-refractivity contribution in [3.8, 4) is 0 Å². The van der Waals surface area contributed by atoms with Gasteiger partial charge in [-0.2, -0.15) is 0 Å². The Labute approximate surface area is 132 Å². The van der Waals surface area contributed by atoms with Gasteiger partial charge in [-0.05, 0) is 30.9 Å². The maximum Gasteiger partial charge on any atom is 0.264 e. The van der Waals surface area contributed by atoms with Crippen LogP contribution in [0.4, 0.5) is 0 Å². The molecule has 6 nitrogen and oxygen atoms in total. The van der Waals surface area contributed by atoms with Gasteiger partial charge in [-0.3, -0.25) is 4.79 Å². The molecule has 2 aromatic rings. The topological polar surface area (TPSA) is 68.5 Å². The molecule has 0 saturated carbocycles. The van der Waals surface area contributed by atoms with E-state index < -0.39 is 0 Å². The molecule has 0 spiro atoms. The summed E-state index contributed by atoms with van der Waals surface area (Å²) >= 11 is 1.63. The molecule has 4 rings (SSSR count). The lowest BCUT2D eigenvalue weighted by Gasteiger charge is -2.33. The Morgan fingerprint density at radius 2 is 2.32 bits per heavy atom. The summed E-state index contributed by atoms with van der Waals surface area (Å²) in [5.74, 6) is 1.00. The van der Waals surface area contributed by atoms with Crippen LogP contribution in [0, 0.1) is 6.92 Å². The lowest BCUT2D eigenvalue weighted by molar-refractivity contribution is -0.0104. The predicted molar refractivity (Wildman–Crippen MR) is 80.0 cm³/mol. The third-order valence-corrected chi connectivity index (χ3v) is 5.40. The molecular formula is C15H17N3O3S. The molecule has 0 N–H and O–H groups in total. The number of nitrogens with zero attached hydrogens (tertiary/aromatic N) is 3. The van der Waals surface area contributed by atoms with Gasteiger partial charge in [0.05, 0.1) is 18.1 Å². The van der Waals surface area contributed by atoms with Crippen LogP contribution in [-0.4, -0.2) is 40.8 Å². The molecule has 3 heterocycles. The molecular weight excluding hydrogens is 302 g/mol. The van der Waals surface area contributed by atoms with Gasteiger partial charge in [0.1, 0.15) is 6.04 Å². The zero-order valence-corrected chi connectivity index (χ0v) is 13.2. The summed E-state index contributed by atoms with van der Waals surface area (Å²) in [5.41, 5.74) is 1.34. The van der Waals surface area contributed by atoms with E-state index in [4.69, 9.17) is 9.15 Å². The summed E-state index contributed by atoms with van der Waals surface area (Å²) in [5, 5.41) is 7.92. The van der Waals surface area contributed by atoms with Crippen LogP contribution in [0.25, 0.3) is 0 Å². The van der Waals surface area contributed by atoms with Crippen molar-refractivity contribution in [3.05, 3.63) is 33.2 Å². The first-order valence-electron chi connectivity index (χ1n) is 7.52. The Balaban J connectivity index is 1.61. The van der Waals surface area contributed by atoms with Gasteiger partial charge in [-0.1, -0.05) is 0 Å². The van der Waals surface area contributed by atoms with E-state index in [1.807, 2.05) is 0 Å². The van der Waals surface area contributed by atoms with Crippen LogP contribution < -0.4 is 0 Å². The highest BCUT2D eigenvalue weighted by molar-refractivity contribution is 7.14. The summed E-state index contributed by atoms with van der Waals surface area (Å²) in [6.07, 6.45) is 3.40. The fourth-order valence-corrected chi connectivity index (χ4v) is 4.28. The highest BCUT2D eigenvalue weighted by atomic mass is 32.1. The Morgan fingerprint density at radius 1 is 1.41 bits per heavy atom. The first-order valence-corrected chi connectivity index (χ1v) is 8.34. The molecule has 7 heteroatoms. The molecule has 1 aliphatic heterocycles. The highest BCUT2D eigenvalue weighted by Crippen LogP contribution is 2.33. The molecule has 1 atom stereocenters. The van der Waals surface area contributed by atoms with Crippen LogP contribution in [0.15, 0.2) is 10.5 Å². The molecule has 0 aromatic carbocycles. The minimum atomic E-state index is -0.292. The van der Waals surface area contributed by atoms with E-state index in [0.717, 1.165) is 17.7 Å². The molecule has 1 fully saturated rings. The SMILES string of the molecule is Cc1nnc(C2COCCN2C(=O)c2cc3c(s2)CCC3)o1. The number of carbonyl (C=O) groups is 1. The van der Waals surface area contributed by atoms with Crippen molar-refractivity contribution >= 4 is 17.2 Å². The Kier molecular flexibility index (Phi) is 3.46. The van der Waals surface area contributed by atoms with E-state index in [0.29, 0.717) is 31.5 Å². The van der Waals surface area contributed by atoms with Gasteiger partial charge in [0, 0.05) is 18.3 Å². The second-order valence-corrected chi connectivity index (χ2v) is 6.80. The zero-order chi connectivity index (χ0) is 15.1. The summed E-state index contributed by atoms with van der Waals surface area (Å²) in [6.45, 7) is 3.24. The Morgan fingerprint density at radius 3 is 3.09 bits per heavy atom. The number of ether oxygens (including phenoxy) is 1. The van der Waals surface area contributed by atoms with Gasteiger partial charge in [0.25, 0.3) is 5.91 Å². The van der Waals surface area contributed by atoms with Crippen molar-refractivity contribution in [2.45, 2.75) is 32.2 Å². The molecule has 0 bridgehead atoms. The smallest absolute Gasteiger partial charge is 0.264 e. The highest BCUT2D eigenvalue weighted by Gasteiger charge is 2.34. The maximum atomic E-state index is 12.9. The fraction of sp³-hybridized carbons (Fsp3) is 0.533. The molecule has 0 radical (unpaired) electrons. The molecule has 1 amide bonds. The van der Waals surface area contributed by atoms with Crippen LogP contribution in [0.2, 0.25) is 0 Å². The summed E-state index contributed by atoms with van der Waals surface area (Å²) in [6, 6.07) is 1.76. The largest absolute Gasteiger partial charge is 0.423 e. The van der Waals surface area contributed by atoms with Crippen LogP contribution >= 0.6 is 11.3 Å². The minimum absolute atomic E-state index is 0.0450. The number of morpholine rings is 1. The lowest BCUT2D eigenvalue weighted by atomic mass is 10.2. The number of amides is 1. The van der Waals surface area contributed by atoms with Crippen LogP contribution in [0.3, 0.4) is 0 Å². The van der Waals surface area contributed by atoms with Crippen molar-refractivity contribution in [1.82, 2.24) is 15.1 Å². The van der Waals surface area contributed by atoms with E-state index >= 15 is 0 Å². The van der Waals surface area contributed by atoms with Gasteiger partial charge in [0.2, 0.25) is 11.8 Å². The summed E-state index contributed by atoms with van der Waals surface area (Å²) in [7, 11) is 0. The number of hydrogen-bond donors (Lipinski definition) is 0. The second kappa shape index (κ2) is 5.48. The predicted octanol–water partition coefficient (Wildman–Crippen LogP) is 2.14. The molecule has 1 unspecified atom stereocenters. The Bertz CT molecular complexity index is 687. The lowest BCUT2D eigenvalue weighted by Crippen LogP contribution is -2.43. The normalized spacial score (nSPS) is 21.1. The number of carbonyl (C=O) groups excluding carboxylic acids is 1. The van der Waals surface area contributed by atoms with Crippen molar-refractivity contribution in [2.75, 3.05) is 19.8 Å². The second-order valence-electron chi connectivity index (χ2n) is 5.66. The molecule has 2 aromatic heterocycles. The first kappa shape index (κ1) is 13.9. The van der Waals surface area contributed by atoms with Crippen molar-refractivity contribution in [3.63, 3.8) is 0 Å². The first-order chi connectivity index (χ1) is 10.7. The number of fused-ring (bicyclic) bond motifs is 1. The van der Waals surface area contributed by atoms with E-state index in [9.17, 15) is 4.79 Å². The quantitative estimate of drug-likeness (QED) is 0.848. The summed E-state index contributed by atoms with van der Waals surface area (Å²) < 4.78 is 11.0. The van der Waals surface area contributed by atoms with Gasteiger partial charge in [-0.25, -0.2) is 0 Å². The molecule has 22 heavy (non-hydrogen) atoms. The molecule has 1 saturated heterocycles. The third-order valence-electron chi connectivity index (χ3n) is 4.17. The zero-order valence-electron chi connectivity index (χ0n) is 12.4. The van der Waals surface area contributed by atoms with E-state index in [1.54, 1.807) is 23.2 Å². The average Bonchev–Trinajstić information content (AvgIpc) is 3.21. The Hall–Kier alpha value is -1.73. The maximum absolute atomic E-state index is 12.9. The number of rotatable bonds is 2.